The van der Waals surface area contributed by atoms with Crippen LogP contribution in [0.25, 0.3) is 0 Å². The number of anilines is 2. The highest BCUT2D eigenvalue weighted by molar-refractivity contribution is 9.10. The summed E-state index contributed by atoms with van der Waals surface area (Å²) < 4.78 is 30.1. The van der Waals surface area contributed by atoms with E-state index in [4.69, 9.17) is 11.6 Å². The van der Waals surface area contributed by atoms with E-state index in [2.05, 4.69) is 35.9 Å². The zero-order chi connectivity index (χ0) is 20.3. The average molecular weight is 477 g/mol. The third-order valence-electron chi connectivity index (χ3n) is 4.27. The molecule has 0 bridgehead atoms. The minimum Gasteiger partial charge on any atom is -0.420 e. The second-order valence-corrected chi connectivity index (χ2v) is 7.63. The molecule has 2 N–H and O–H groups in total. The topological polar surface area (TPSA) is 74.7 Å². The van der Waals surface area contributed by atoms with Gasteiger partial charge in [0.15, 0.2) is 0 Å². The van der Waals surface area contributed by atoms with Crippen LogP contribution in [-0.4, -0.2) is 41.3 Å². The Morgan fingerprint density at radius 2 is 2.14 bits per heavy atom. The van der Waals surface area contributed by atoms with Crippen LogP contribution in [0.2, 0.25) is 0 Å². The monoisotopic (exact) mass is 475 g/mol. The third-order valence-corrected chi connectivity index (χ3v) is 4.93. The quantitative estimate of drug-likeness (QED) is 0.615. The molecule has 0 aliphatic carbocycles. The lowest BCUT2D eigenvalue weighted by atomic mass is 10.1. The van der Waals surface area contributed by atoms with Gasteiger partial charge in [0.25, 0.3) is 5.91 Å². The van der Waals surface area contributed by atoms with Gasteiger partial charge in [-0.3, -0.25) is 4.79 Å². The zero-order valence-electron chi connectivity index (χ0n) is 14.5. The van der Waals surface area contributed by atoms with Crippen molar-refractivity contribution in [2.24, 2.45) is 5.92 Å². The van der Waals surface area contributed by atoms with Crippen molar-refractivity contribution in [1.29, 1.82) is 0 Å². The van der Waals surface area contributed by atoms with Crippen LogP contribution in [0, 0.1) is 5.92 Å². The molecular formula is C18H17BrClF2N3O3. The van der Waals surface area contributed by atoms with Crippen LogP contribution in [0.3, 0.4) is 0 Å². The molecule has 6 nitrogen and oxygen atoms in total. The van der Waals surface area contributed by atoms with Crippen molar-refractivity contribution in [1.82, 2.24) is 4.98 Å². The molecule has 0 radical (unpaired) electrons. The highest BCUT2D eigenvalue weighted by Gasteiger charge is 2.27. The smallest absolute Gasteiger partial charge is 0.420 e. The molecule has 2 aromatic rings. The van der Waals surface area contributed by atoms with Crippen LogP contribution >= 0.6 is 27.5 Å². The summed E-state index contributed by atoms with van der Waals surface area (Å²) in [6, 6.07) is 7.05. The largest absolute Gasteiger partial charge is 0.487 e. The molecule has 0 spiro atoms. The number of carbonyl (C=O) groups is 1. The molecule has 1 saturated heterocycles. The van der Waals surface area contributed by atoms with E-state index in [1.165, 1.54) is 30.5 Å². The van der Waals surface area contributed by atoms with Gasteiger partial charge in [-0.1, -0.05) is 0 Å². The van der Waals surface area contributed by atoms with Crippen molar-refractivity contribution in [2.75, 3.05) is 29.9 Å². The minimum absolute atomic E-state index is 0.126. The van der Waals surface area contributed by atoms with Gasteiger partial charge < -0.3 is 20.1 Å². The van der Waals surface area contributed by atoms with E-state index < -0.39 is 11.5 Å². The van der Waals surface area contributed by atoms with Crippen LogP contribution in [0.1, 0.15) is 16.8 Å². The lowest BCUT2D eigenvalue weighted by Gasteiger charge is -2.19. The Balaban J connectivity index is 1.65. The molecule has 1 aliphatic heterocycles. The van der Waals surface area contributed by atoms with Crippen molar-refractivity contribution >= 4 is 44.9 Å². The normalized spacial score (nSPS) is 16.9. The Hall–Kier alpha value is -1.97. The van der Waals surface area contributed by atoms with Gasteiger partial charge in [0, 0.05) is 49.1 Å². The molecule has 0 saturated carbocycles. The van der Waals surface area contributed by atoms with Gasteiger partial charge in [-0.25, -0.2) is 4.98 Å². The number of nitrogens with one attached hydrogen (secondary N) is 1. The van der Waals surface area contributed by atoms with Crippen LogP contribution in [0.5, 0.6) is 5.75 Å². The zero-order valence-corrected chi connectivity index (χ0v) is 16.9. The van der Waals surface area contributed by atoms with Crippen molar-refractivity contribution in [2.45, 2.75) is 12.0 Å². The first-order valence-corrected chi connectivity index (χ1v) is 9.61. The van der Waals surface area contributed by atoms with Crippen molar-refractivity contribution in [3.8, 4) is 5.75 Å². The summed E-state index contributed by atoms with van der Waals surface area (Å²) in [5.41, 5.74) is -3.06. The fourth-order valence-electron chi connectivity index (χ4n) is 2.90. The lowest BCUT2D eigenvalue weighted by Crippen LogP contribution is -2.22. The van der Waals surface area contributed by atoms with E-state index in [0.29, 0.717) is 22.3 Å². The number of aromatic nitrogens is 1. The second kappa shape index (κ2) is 8.59. The van der Waals surface area contributed by atoms with Gasteiger partial charge in [-0.2, -0.15) is 0 Å². The van der Waals surface area contributed by atoms with Gasteiger partial charge in [-0.15, -0.1) is 8.78 Å². The molecule has 3 rings (SSSR count). The number of aliphatic hydroxyl groups is 1. The summed E-state index contributed by atoms with van der Waals surface area (Å²) in [6.45, 7) is 1.64. The Kier molecular flexibility index (Phi) is 6.36. The SMILES string of the molecule is O=C(Nc1ccc(OC(F)(F)Cl)cc1)c1cnc(N2CCC(CO)C2)c(Br)c1. The number of pyridine rings is 1. The first-order valence-electron chi connectivity index (χ1n) is 8.43. The Morgan fingerprint density at radius 1 is 1.43 bits per heavy atom. The summed E-state index contributed by atoms with van der Waals surface area (Å²) >= 11 is 8.15. The summed E-state index contributed by atoms with van der Waals surface area (Å²) in [4.78, 5) is 18.8. The highest BCUT2D eigenvalue weighted by Crippen LogP contribution is 2.30. The number of hydrogen-bond donors (Lipinski definition) is 2. The number of amides is 1. The summed E-state index contributed by atoms with van der Waals surface area (Å²) in [6.07, 6.45) is 2.36. The number of ether oxygens (including phenoxy) is 1. The van der Waals surface area contributed by atoms with Gasteiger partial charge in [-0.05, 0) is 52.7 Å². The minimum atomic E-state index is -3.79. The first kappa shape index (κ1) is 20.8. The molecule has 1 unspecified atom stereocenters. The van der Waals surface area contributed by atoms with Gasteiger partial charge in [0.05, 0.1) is 10.0 Å². The molecule has 10 heteroatoms. The number of carbonyl (C=O) groups excluding carboxylic acids is 1. The maximum Gasteiger partial charge on any atom is 0.487 e. The number of aliphatic hydroxyl groups excluding tert-OH is 1. The highest BCUT2D eigenvalue weighted by atomic mass is 79.9. The van der Waals surface area contributed by atoms with Gasteiger partial charge in [0.2, 0.25) is 0 Å². The summed E-state index contributed by atoms with van der Waals surface area (Å²) in [5, 5.41) is 11.9. The number of rotatable bonds is 6. The van der Waals surface area contributed by atoms with E-state index in [-0.39, 0.29) is 18.3 Å². The van der Waals surface area contributed by atoms with E-state index in [1.807, 2.05) is 0 Å². The van der Waals surface area contributed by atoms with Crippen molar-refractivity contribution < 1.29 is 23.4 Å². The maximum atomic E-state index is 12.6. The van der Waals surface area contributed by atoms with E-state index in [0.717, 1.165) is 18.8 Å². The third kappa shape index (κ3) is 5.30. The number of alkyl halides is 3. The fourth-order valence-corrected chi connectivity index (χ4v) is 3.59. The summed E-state index contributed by atoms with van der Waals surface area (Å²) in [7, 11) is 0. The molecule has 1 aromatic heterocycles. The standard InChI is InChI=1S/C18H17BrClF2N3O3/c19-15-7-12(8-23-16(15)25-6-5-11(9-25)10-26)17(27)24-13-1-3-14(4-2-13)28-18(20,21)22/h1-4,7-8,11,26H,5-6,9-10H2,(H,24,27). The molecule has 1 aromatic carbocycles. The molecule has 28 heavy (non-hydrogen) atoms. The number of nitrogens with zero attached hydrogens (tertiary/aromatic N) is 2. The van der Waals surface area contributed by atoms with Crippen LogP contribution in [0.4, 0.5) is 20.3 Å². The lowest BCUT2D eigenvalue weighted by molar-refractivity contribution is -0.0964. The molecule has 1 atom stereocenters. The van der Waals surface area contributed by atoms with Crippen molar-refractivity contribution in [3.05, 3.63) is 46.6 Å². The van der Waals surface area contributed by atoms with E-state index in [1.54, 1.807) is 6.07 Å². The Morgan fingerprint density at radius 3 is 2.71 bits per heavy atom. The predicted molar refractivity (Wildman–Crippen MR) is 105 cm³/mol. The molecule has 2 heterocycles. The van der Waals surface area contributed by atoms with Crippen molar-refractivity contribution in [3.63, 3.8) is 0 Å². The van der Waals surface area contributed by atoms with Crippen LogP contribution in [-0.2, 0) is 0 Å². The average Bonchev–Trinajstić information content (AvgIpc) is 3.11. The number of halogens is 4. The molecule has 150 valence electrons. The van der Waals surface area contributed by atoms with Crippen LogP contribution in [0.15, 0.2) is 41.0 Å². The number of benzene rings is 1. The predicted octanol–water partition coefficient (Wildman–Crippen LogP) is 4.08. The molecule has 1 fully saturated rings. The molecular weight excluding hydrogens is 460 g/mol. The molecule has 1 aliphatic rings. The maximum absolute atomic E-state index is 12.6. The second-order valence-electron chi connectivity index (χ2n) is 6.34. The van der Waals surface area contributed by atoms with Crippen LogP contribution < -0.4 is 15.0 Å². The van der Waals surface area contributed by atoms with E-state index >= 15 is 0 Å². The fraction of sp³-hybridized carbons (Fsp3) is 0.333. The first-order chi connectivity index (χ1) is 13.2. The van der Waals surface area contributed by atoms with E-state index in [9.17, 15) is 18.7 Å². The number of hydrogen-bond acceptors (Lipinski definition) is 5. The summed E-state index contributed by atoms with van der Waals surface area (Å²) in [5.74, 6) is 0.419. The molecule has 1 amide bonds. The van der Waals surface area contributed by atoms with Gasteiger partial charge in [0.1, 0.15) is 11.6 Å². The Bertz CT molecular complexity index is 849. The Labute approximate surface area is 173 Å². The van der Waals surface area contributed by atoms with Gasteiger partial charge >= 0.3 is 5.57 Å².